The fraction of sp³-hybridized carbons (Fsp3) is 0.444. The van der Waals surface area contributed by atoms with Crippen molar-refractivity contribution in [3.63, 3.8) is 0 Å². The Morgan fingerprint density at radius 1 is 1.42 bits per heavy atom. The van der Waals surface area contributed by atoms with Crippen molar-refractivity contribution in [2.75, 3.05) is 13.1 Å². The number of hydrogen-bond acceptors (Lipinski definition) is 3. The van der Waals surface area contributed by atoms with Crippen molar-refractivity contribution in [1.82, 2.24) is 14.7 Å². The van der Waals surface area contributed by atoms with Crippen LogP contribution >= 0.6 is 0 Å². The molecule has 6 heteroatoms. The lowest BCUT2D eigenvalue weighted by atomic mass is 9.92. The van der Waals surface area contributed by atoms with Gasteiger partial charge in [0.2, 0.25) is 0 Å². The van der Waals surface area contributed by atoms with Gasteiger partial charge in [-0.3, -0.25) is 4.79 Å². The molecular weight excluding hydrogens is 307 g/mol. The molecule has 1 aromatic heterocycles. The molecule has 1 fully saturated rings. The first-order chi connectivity index (χ1) is 11.5. The monoisotopic (exact) mass is 330 g/mol. The molecule has 24 heavy (non-hydrogen) atoms. The Kier molecular flexibility index (Phi) is 4.66. The first kappa shape index (κ1) is 16.6. The van der Waals surface area contributed by atoms with Crippen molar-refractivity contribution in [3.8, 4) is 5.69 Å². The number of likely N-dealkylation sites (tertiary alicyclic amines) is 1. The molecule has 0 radical (unpaired) electrons. The second kappa shape index (κ2) is 6.73. The fourth-order valence-electron chi connectivity index (χ4n) is 3.28. The van der Waals surface area contributed by atoms with E-state index in [0.29, 0.717) is 29.4 Å². The quantitative estimate of drug-likeness (QED) is 0.940. The molecule has 2 N–H and O–H groups in total. The number of aromatic nitrogens is 2. The van der Waals surface area contributed by atoms with Crippen molar-refractivity contribution < 1.29 is 9.18 Å². The molecule has 0 bridgehead atoms. The first-order valence-electron chi connectivity index (χ1n) is 8.33. The first-order valence-corrected chi connectivity index (χ1v) is 8.33. The van der Waals surface area contributed by atoms with E-state index in [1.807, 2.05) is 11.8 Å². The summed E-state index contributed by atoms with van der Waals surface area (Å²) in [6.07, 6.45) is 3.53. The van der Waals surface area contributed by atoms with Gasteiger partial charge in [0.15, 0.2) is 0 Å². The van der Waals surface area contributed by atoms with Crippen molar-refractivity contribution in [3.05, 3.63) is 47.5 Å². The largest absolute Gasteiger partial charge is 0.338 e. The maximum absolute atomic E-state index is 14.0. The Morgan fingerprint density at radius 2 is 2.17 bits per heavy atom. The maximum Gasteiger partial charge on any atom is 0.257 e. The van der Waals surface area contributed by atoms with Crippen LogP contribution in [0.5, 0.6) is 0 Å². The number of rotatable bonds is 3. The molecule has 1 amide bonds. The Labute approximate surface area is 141 Å². The molecule has 0 aliphatic carbocycles. The Bertz CT molecular complexity index is 740. The summed E-state index contributed by atoms with van der Waals surface area (Å²) in [7, 11) is 0. The van der Waals surface area contributed by atoms with Gasteiger partial charge in [0.25, 0.3) is 5.91 Å². The summed E-state index contributed by atoms with van der Waals surface area (Å²) in [4.78, 5) is 14.7. The lowest BCUT2D eigenvalue weighted by Crippen LogP contribution is -2.45. The Hall–Kier alpha value is -2.21. The molecule has 1 saturated heterocycles. The molecule has 5 nitrogen and oxygen atoms in total. The molecule has 1 aliphatic heterocycles. The van der Waals surface area contributed by atoms with E-state index in [2.05, 4.69) is 5.10 Å². The number of amides is 1. The van der Waals surface area contributed by atoms with E-state index in [9.17, 15) is 9.18 Å². The van der Waals surface area contributed by atoms with E-state index in [1.54, 1.807) is 25.1 Å². The average molecular weight is 330 g/mol. The maximum atomic E-state index is 14.0. The van der Waals surface area contributed by atoms with E-state index < -0.39 is 0 Å². The van der Waals surface area contributed by atoms with Gasteiger partial charge in [-0.25, -0.2) is 9.07 Å². The second-order valence-electron chi connectivity index (χ2n) is 6.52. The summed E-state index contributed by atoms with van der Waals surface area (Å²) in [6.45, 7) is 5.17. The minimum atomic E-state index is -0.363. The summed E-state index contributed by atoms with van der Waals surface area (Å²) >= 11 is 0. The van der Waals surface area contributed by atoms with Crippen LogP contribution in [0, 0.1) is 18.7 Å². The lowest BCUT2D eigenvalue weighted by Gasteiger charge is -2.34. The van der Waals surface area contributed by atoms with Gasteiger partial charge in [-0.05, 0) is 44.7 Å². The molecule has 0 saturated carbocycles. The molecule has 1 aliphatic rings. The number of carbonyl (C=O) groups excluding carboxylic acids is 1. The van der Waals surface area contributed by atoms with Gasteiger partial charge >= 0.3 is 0 Å². The van der Waals surface area contributed by atoms with Crippen molar-refractivity contribution >= 4 is 5.91 Å². The van der Waals surface area contributed by atoms with Gasteiger partial charge < -0.3 is 10.6 Å². The van der Waals surface area contributed by atoms with E-state index >= 15 is 0 Å². The normalized spacial score (nSPS) is 19.3. The predicted octanol–water partition coefficient (Wildman–Crippen LogP) is 2.52. The summed E-state index contributed by atoms with van der Waals surface area (Å²) < 4.78 is 15.5. The summed E-state index contributed by atoms with van der Waals surface area (Å²) in [5.41, 5.74) is 7.51. The minimum Gasteiger partial charge on any atom is -0.338 e. The average Bonchev–Trinajstić information content (AvgIpc) is 2.96. The van der Waals surface area contributed by atoms with E-state index in [4.69, 9.17) is 5.73 Å². The second-order valence-corrected chi connectivity index (χ2v) is 6.52. The highest BCUT2D eigenvalue weighted by atomic mass is 19.1. The van der Waals surface area contributed by atoms with Crippen LogP contribution in [0.25, 0.3) is 5.69 Å². The smallest absolute Gasteiger partial charge is 0.257 e. The molecule has 0 spiro atoms. The van der Waals surface area contributed by atoms with Crippen molar-refractivity contribution in [2.45, 2.75) is 32.7 Å². The third-order valence-corrected chi connectivity index (χ3v) is 4.81. The third kappa shape index (κ3) is 3.06. The van der Waals surface area contributed by atoms with Crippen LogP contribution in [0.3, 0.4) is 0 Å². The van der Waals surface area contributed by atoms with Gasteiger partial charge in [0, 0.05) is 19.1 Å². The summed E-state index contributed by atoms with van der Waals surface area (Å²) in [5, 5.41) is 4.22. The zero-order chi connectivity index (χ0) is 17.3. The SMILES string of the molecule is Cc1c(C(=O)N2CCCC(C(C)N)C2)cnn1-c1ccccc1F. The third-order valence-electron chi connectivity index (χ3n) is 4.81. The van der Waals surface area contributed by atoms with Gasteiger partial charge in [-0.2, -0.15) is 5.10 Å². The molecular formula is C18H23FN4O. The van der Waals surface area contributed by atoms with Crippen LogP contribution in [0.4, 0.5) is 4.39 Å². The van der Waals surface area contributed by atoms with Crippen molar-refractivity contribution in [1.29, 1.82) is 0 Å². The number of benzene rings is 1. The van der Waals surface area contributed by atoms with Crippen LogP contribution in [-0.4, -0.2) is 39.7 Å². The number of hydrogen-bond donors (Lipinski definition) is 1. The molecule has 2 atom stereocenters. The highest BCUT2D eigenvalue weighted by Crippen LogP contribution is 2.23. The van der Waals surface area contributed by atoms with Crippen LogP contribution < -0.4 is 5.73 Å². The molecule has 2 aromatic rings. The van der Waals surface area contributed by atoms with Gasteiger partial charge in [-0.1, -0.05) is 12.1 Å². The van der Waals surface area contributed by atoms with Crippen molar-refractivity contribution in [2.24, 2.45) is 11.7 Å². The lowest BCUT2D eigenvalue weighted by molar-refractivity contribution is 0.0660. The molecule has 2 heterocycles. The van der Waals surface area contributed by atoms with Crippen LogP contribution in [0.15, 0.2) is 30.5 Å². The molecule has 1 aromatic carbocycles. The van der Waals surface area contributed by atoms with Crippen LogP contribution in [0.2, 0.25) is 0 Å². The van der Waals surface area contributed by atoms with Gasteiger partial charge in [0.1, 0.15) is 11.5 Å². The van der Waals surface area contributed by atoms with E-state index in [0.717, 1.165) is 19.4 Å². The number of halogens is 1. The van der Waals surface area contributed by atoms with Crippen LogP contribution in [-0.2, 0) is 0 Å². The fourth-order valence-corrected chi connectivity index (χ4v) is 3.28. The number of para-hydroxylation sites is 1. The molecule has 128 valence electrons. The molecule has 2 unspecified atom stereocenters. The number of nitrogens with zero attached hydrogens (tertiary/aromatic N) is 3. The zero-order valence-corrected chi connectivity index (χ0v) is 14.1. The van der Waals surface area contributed by atoms with Crippen LogP contribution in [0.1, 0.15) is 35.8 Å². The topological polar surface area (TPSA) is 64.2 Å². The zero-order valence-electron chi connectivity index (χ0n) is 14.1. The van der Waals surface area contributed by atoms with E-state index in [1.165, 1.54) is 16.9 Å². The van der Waals surface area contributed by atoms with Gasteiger partial charge in [0.05, 0.1) is 17.5 Å². The van der Waals surface area contributed by atoms with E-state index in [-0.39, 0.29) is 17.8 Å². The minimum absolute atomic E-state index is 0.0551. The standard InChI is InChI=1S/C18H23FN4O/c1-12(20)14-6-5-9-22(11-14)18(24)15-10-21-23(13(15)2)17-8-4-3-7-16(17)19/h3-4,7-8,10,12,14H,5-6,9,11,20H2,1-2H3. The number of nitrogens with two attached hydrogens (primary N) is 1. The number of piperidine rings is 1. The number of carbonyl (C=O) groups is 1. The summed E-state index contributed by atoms with van der Waals surface area (Å²) in [5.74, 6) is -0.0947. The Balaban J connectivity index is 1.86. The highest BCUT2D eigenvalue weighted by molar-refractivity contribution is 5.95. The summed E-state index contributed by atoms with van der Waals surface area (Å²) in [6, 6.07) is 6.49. The Morgan fingerprint density at radius 3 is 2.88 bits per heavy atom. The van der Waals surface area contributed by atoms with Gasteiger partial charge in [-0.15, -0.1) is 0 Å². The predicted molar refractivity (Wildman–Crippen MR) is 90.5 cm³/mol. The molecule has 3 rings (SSSR count). The highest BCUT2D eigenvalue weighted by Gasteiger charge is 2.28.